The molecule has 0 aliphatic rings. The molecule has 0 saturated heterocycles. The maximum absolute atomic E-state index is 12.4. The molecular formula is C18H19N5OS. The molecule has 0 unspecified atom stereocenters. The zero-order valence-electron chi connectivity index (χ0n) is 14.3. The third-order valence-electron chi connectivity index (χ3n) is 3.74. The second kappa shape index (κ2) is 7.48. The van der Waals surface area contributed by atoms with Gasteiger partial charge in [0.05, 0.1) is 5.25 Å². The first kappa shape index (κ1) is 17.2. The van der Waals surface area contributed by atoms with Crippen LogP contribution in [0.5, 0.6) is 0 Å². The molecule has 6 nitrogen and oxygen atoms in total. The minimum Gasteiger partial charge on any atom is -0.325 e. The standard InChI is InChI=1S/C18H19N5OS/c1-12-4-6-15(7-5-12)20-17(24)13(2)25-18-22-21-16(23(18)3)14-8-10-19-11-9-14/h4-11,13H,1-3H3,(H,20,24)/t13-/m1/s1. The van der Waals surface area contributed by atoms with Crippen LogP contribution >= 0.6 is 11.8 Å². The van der Waals surface area contributed by atoms with Crippen molar-refractivity contribution in [2.45, 2.75) is 24.3 Å². The van der Waals surface area contributed by atoms with Crippen LogP contribution in [0.15, 0.2) is 53.9 Å². The van der Waals surface area contributed by atoms with Crippen LogP contribution in [0.2, 0.25) is 0 Å². The quantitative estimate of drug-likeness (QED) is 0.713. The Balaban J connectivity index is 1.68. The molecule has 0 saturated carbocycles. The summed E-state index contributed by atoms with van der Waals surface area (Å²) in [6, 6.07) is 11.5. The monoisotopic (exact) mass is 353 g/mol. The fourth-order valence-corrected chi connectivity index (χ4v) is 3.08. The maximum Gasteiger partial charge on any atom is 0.237 e. The van der Waals surface area contributed by atoms with Gasteiger partial charge in [-0.2, -0.15) is 0 Å². The van der Waals surface area contributed by atoms with Crippen LogP contribution in [0.3, 0.4) is 0 Å². The van der Waals surface area contributed by atoms with Gasteiger partial charge in [0.2, 0.25) is 5.91 Å². The molecular weight excluding hydrogens is 334 g/mol. The van der Waals surface area contributed by atoms with Crippen LogP contribution < -0.4 is 5.32 Å². The average Bonchev–Trinajstić information content (AvgIpc) is 2.98. The molecule has 1 amide bonds. The average molecular weight is 353 g/mol. The second-order valence-electron chi connectivity index (χ2n) is 5.72. The first-order chi connectivity index (χ1) is 12.0. The molecule has 7 heteroatoms. The lowest BCUT2D eigenvalue weighted by molar-refractivity contribution is -0.115. The highest BCUT2D eigenvalue weighted by molar-refractivity contribution is 8.00. The van der Waals surface area contributed by atoms with Crippen LogP contribution in [0.1, 0.15) is 12.5 Å². The molecule has 0 radical (unpaired) electrons. The fraction of sp³-hybridized carbons (Fsp3) is 0.222. The van der Waals surface area contributed by atoms with Crippen molar-refractivity contribution in [1.29, 1.82) is 0 Å². The topological polar surface area (TPSA) is 72.7 Å². The van der Waals surface area contributed by atoms with Crippen molar-refractivity contribution in [1.82, 2.24) is 19.7 Å². The summed E-state index contributed by atoms with van der Waals surface area (Å²) >= 11 is 1.38. The highest BCUT2D eigenvalue weighted by atomic mass is 32.2. The van der Waals surface area contributed by atoms with Crippen LogP contribution in [0.25, 0.3) is 11.4 Å². The van der Waals surface area contributed by atoms with Crippen LogP contribution in [-0.2, 0) is 11.8 Å². The van der Waals surface area contributed by atoms with Gasteiger partial charge in [-0.3, -0.25) is 9.78 Å². The molecule has 3 rings (SSSR count). The molecule has 0 bridgehead atoms. The summed E-state index contributed by atoms with van der Waals surface area (Å²) in [6.07, 6.45) is 3.43. The molecule has 0 spiro atoms. The van der Waals surface area contributed by atoms with Gasteiger partial charge < -0.3 is 9.88 Å². The lowest BCUT2D eigenvalue weighted by Gasteiger charge is -2.12. The van der Waals surface area contributed by atoms with Crippen molar-refractivity contribution < 1.29 is 4.79 Å². The van der Waals surface area contributed by atoms with Crippen molar-refractivity contribution in [2.75, 3.05) is 5.32 Å². The van der Waals surface area contributed by atoms with Crippen LogP contribution in [0, 0.1) is 6.92 Å². The molecule has 2 aromatic heterocycles. The largest absolute Gasteiger partial charge is 0.325 e. The number of aromatic nitrogens is 4. The Labute approximate surface area is 150 Å². The van der Waals surface area contributed by atoms with Gasteiger partial charge in [0.15, 0.2) is 11.0 Å². The first-order valence-electron chi connectivity index (χ1n) is 7.88. The van der Waals surface area contributed by atoms with Gasteiger partial charge in [-0.05, 0) is 38.1 Å². The van der Waals surface area contributed by atoms with E-state index in [1.54, 1.807) is 12.4 Å². The Morgan fingerprint density at radius 3 is 2.48 bits per heavy atom. The first-order valence-corrected chi connectivity index (χ1v) is 8.76. The molecule has 1 N–H and O–H groups in total. The third-order valence-corrected chi connectivity index (χ3v) is 4.88. The van der Waals surface area contributed by atoms with Gasteiger partial charge in [-0.25, -0.2) is 0 Å². The minimum atomic E-state index is -0.297. The summed E-state index contributed by atoms with van der Waals surface area (Å²) in [6.45, 7) is 3.87. The Kier molecular flexibility index (Phi) is 5.14. The van der Waals surface area contributed by atoms with E-state index < -0.39 is 0 Å². The normalized spacial score (nSPS) is 12.0. The summed E-state index contributed by atoms with van der Waals surface area (Å²) in [4.78, 5) is 16.4. The number of rotatable bonds is 5. The van der Waals surface area contributed by atoms with E-state index in [0.29, 0.717) is 5.16 Å². The highest BCUT2D eigenvalue weighted by Gasteiger charge is 2.19. The van der Waals surface area contributed by atoms with Gasteiger partial charge in [0.1, 0.15) is 0 Å². The summed E-state index contributed by atoms with van der Waals surface area (Å²) in [7, 11) is 1.89. The summed E-state index contributed by atoms with van der Waals surface area (Å²) in [5.74, 6) is 0.679. The fourth-order valence-electron chi connectivity index (χ4n) is 2.26. The van der Waals surface area contributed by atoms with E-state index >= 15 is 0 Å². The van der Waals surface area contributed by atoms with Crippen molar-refractivity contribution in [3.05, 3.63) is 54.4 Å². The number of carbonyl (C=O) groups excluding carboxylic acids is 1. The van der Waals surface area contributed by atoms with E-state index in [-0.39, 0.29) is 11.2 Å². The molecule has 0 fully saturated rings. The van der Waals surface area contributed by atoms with Gasteiger partial charge in [-0.15, -0.1) is 10.2 Å². The van der Waals surface area contributed by atoms with Crippen LogP contribution in [0.4, 0.5) is 5.69 Å². The van der Waals surface area contributed by atoms with E-state index in [0.717, 1.165) is 22.6 Å². The molecule has 2 heterocycles. The number of aryl methyl sites for hydroxylation is 1. The summed E-state index contributed by atoms with van der Waals surface area (Å²) in [5, 5.41) is 11.8. The van der Waals surface area contributed by atoms with E-state index in [1.165, 1.54) is 11.8 Å². The zero-order valence-corrected chi connectivity index (χ0v) is 15.1. The van der Waals surface area contributed by atoms with E-state index in [4.69, 9.17) is 0 Å². The van der Waals surface area contributed by atoms with Gasteiger partial charge in [0.25, 0.3) is 0 Å². The van der Waals surface area contributed by atoms with Gasteiger partial charge in [-0.1, -0.05) is 29.5 Å². The molecule has 128 valence electrons. The van der Waals surface area contributed by atoms with Crippen molar-refractivity contribution >= 4 is 23.4 Å². The van der Waals surface area contributed by atoms with Crippen molar-refractivity contribution in [2.24, 2.45) is 7.05 Å². The van der Waals surface area contributed by atoms with Crippen molar-refractivity contribution in [3.63, 3.8) is 0 Å². The predicted molar refractivity (Wildman–Crippen MR) is 99.4 cm³/mol. The molecule has 25 heavy (non-hydrogen) atoms. The lowest BCUT2D eigenvalue weighted by atomic mass is 10.2. The number of anilines is 1. The molecule has 0 aliphatic heterocycles. The molecule has 3 aromatic rings. The number of hydrogen-bond acceptors (Lipinski definition) is 5. The van der Waals surface area contributed by atoms with Crippen molar-refractivity contribution in [3.8, 4) is 11.4 Å². The number of nitrogens with one attached hydrogen (secondary N) is 1. The Morgan fingerprint density at radius 2 is 1.80 bits per heavy atom. The maximum atomic E-state index is 12.4. The number of amides is 1. The second-order valence-corrected chi connectivity index (χ2v) is 7.02. The number of benzene rings is 1. The third kappa shape index (κ3) is 4.06. The van der Waals surface area contributed by atoms with Crippen LogP contribution in [-0.4, -0.2) is 30.9 Å². The highest BCUT2D eigenvalue weighted by Crippen LogP contribution is 2.26. The number of carbonyl (C=O) groups is 1. The molecule has 1 aromatic carbocycles. The molecule has 0 aliphatic carbocycles. The van der Waals surface area contributed by atoms with E-state index in [9.17, 15) is 4.79 Å². The number of thioether (sulfide) groups is 1. The lowest BCUT2D eigenvalue weighted by Crippen LogP contribution is -2.22. The predicted octanol–water partition coefficient (Wildman–Crippen LogP) is 3.30. The summed E-state index contributed by atoms with van der Waals surface area (Å²) in [5.41, 5.74) is 2.88. The molecule has 1 atom stereocenters. The SMILES string of the molecule is Cc1ccc(NC(=O)[C@@H](C)Sc2nnc(-c3ccncc3)n2C)cc1. The van der Waals surface area contributed by atoms with E-state index in [1.807, 2.05) is 61.9 Å². The van der Waals surface area contributed by atoms with Gasteiger partial charge in [0, 0.05) is 30.7 Å². The minimum absolute atomic E-state index is 0.0673. The zero-order chi connectivity index (χ0) is 17.8. The smallest absolute Gasteiger partial charge is 0.237 e. The Hall–Kier alpha value is -2.67. The number of pyridine rings is 1. The Morgan fingerprint density at radius 1 is 1.12 bits per heavy atom. The Bertz CT molecular complexity index is 861. The van der Waals surface area contributed by atoms with Gasteiger partial charge >= 0.3 is 0 Å². The number of nitrogens with zero attached hydrogens (tertiary/aromatic N) is 4. The number of hydrogen-bond donors (Lipinski definition) is 1. The van der Waals surface area contributed by atoms with E-state index in [2.05, 4.69) is 20.5 Å². The summed E-state index contributed by atoms with van der Waals surface area (Å²) < 4.78 is 1.88.